The van der Waals surface area contributed by atoms with Gasteiger partial charge in [-0.15, -0.1) is 10.2 Å². The summed E-state index contributed by atoms with van der Waals surface area (Å²) < 4.78 is 0. The highest BCUT2D eigenvalue weighted by Gasteiger charge is 2.13. The molecule has 0 aliphatic heterocycles. The first-order chi connectivity index (χ1) is 9.65. The standard InChI is InChI=1S/C15H24N4O/c1-11(2)16-15(20)13-9-10-14(19-18-13)17-12-7-5-3-4-6-8-12/h9-12H,3-8H2,1-2H3,(H,16,20)(H,17,19). The molecule has 20 heavy (non-hydrogen) atoms. The second kappa shape index (κ2) is 7.22. The van der Waals surface area contributed by atoms with Crippen LogP contribution >= 0.6 is 0 Å². The molecule has 1 amide bonds. The lowest BCUT2D eigenvalue weighted by Crippen LogP contribution is -2.31. The summed E-state index contributed by atoms with van der Waals surface area (Å²) in [7, 11) is 0. The lowest BCUT2D eigenvalue weighted by atomic mass is 10.1. The molecule has 1 aliphatic carbocycles. The fraction of sp³-hybridized carbons (Fsp3) is 0.667. The Morgan fingerprint density at radius 1 is 1.15 bits per heavy atom. The number of carbonyl (C=O) groups is 1. The molecule has 0 atom stereocenters. The molecule has 0 aromatic carbocycles. The molecule has 0 bridgehead atoms. The van der Waals surface area contributed by atoms with E-state index in [1.807, 2.05) is 19.9 Å². The molecule has 1 aromatic heterocycles. The van der Waals surface area contributed by atoms with Crippen LogP contribution in [0, 0.1) is 0 Å². The second-order valence-electron chi connectivity index (χ2n) is 5.76. The fourth-order valence-electron chi connectivity index (χ4n) is 2.50. The van der Waals surface area contributed by atoms with Gasteiger partial charge in [0, 0.05) is 12.1 Å². The molecule has 2 N–H and O–H groups in total. The summed E-state index contributed by atoms with van der Waals surface area (Å²) in [5, 5.41) is 14.3. The first-order valence-electron chi connectivity index (χ1n) is 7.56. The van der Waals surface area contributed by atoms with E-state index in [2.05, 4.69) is 20.8 Å². The van der Waals surface area contributed by atoms with Crippen molar-refractivity contribution in [2.24, 2.45) is 0 Å². The fourth-order valence-corrected chi connectivity index (χ4v) is 2.50. The van der Waals surface area contributed by atoms with Crippen LogP contribution in [0.1, 0.15) is 62.9 Å². The average Bonchev–Trinajstić information content (AvgIpc) is 2.67. The highest BCUT2D eigenvalue weighted by Crippen LogP contribution is 2.20. The van der Waals surface area contributed by atoms with E-state index >= 15 is 0 Å². The van der Waals surface area contributed by atoms with Crippen LogP contribution in [0.3, 0.4) is 0 Å². The molecular formula is C15H24N4O. The molecule has 1 fully saturated rings. The first-order valence-corrected chi connectivity index (χ1v) is 7.56. The van der Waals surface area contributed by atoms with Crippen LogP contribution in [0.15, 0.2) is 12.1 Å². The Hall–Kier alpha value is -1.65. The van der Waals surface area contributed by atoms with Crippen LogP contribution in [-0.2, 0) is 0 Å². The SMILES string of the molecule is CC(C)NC(=O)c1ccc(NC2CCCCCC2)nn1. The van der Waals surface area contributed by atoms with E-state index < -0.39 is 0 Å². The molecule has 1 aromatic rings. The van der Waals surface area contributed by atoms with E-state index in [9.17, 15) is 4.79 Å². The molecule has 0 saturated heterocycles. The monoisotopic (exact) mass is 276 g/mol. The maximum absolute atomic E-state index is 11.8. The molecule has 5 nitrogen and oxygen atoms in total. The Morgan fingerprint density at radius 3 is 2.40 bits per heavy atom. The minimum Gasteiger partial charge on any atom is -0.366 e. The summed E-state index contributed by atoms with van der Waals surface area (Å²) in [6.45, 7) is 3.85. The zero-order valence-corrected chi connectivity index (χ0v) is 12.4. The third kappa shape index (κ3) is 4.47. The van der Waals surface area contributed by atoms with Gasteiger partial charge in [-0.25, -0.2) is 0 Å². The number of anilines is 1. The lowest BCUT2D eigenvalue weighted by Gasteiger charge is -2.16. The smallest absolute Gasteiger partial charge is 0.271 e. The molecular weight excluding hydrogens is 252 g/mol. The van der Waals surface area contributed by atoms with E-state index in [1.165, 1.54) is 38.5 Å². The number of rotatable bonds is 4. The van der Waals surface area contributed by atoms with Crippen LogP contribution < -0.4 is 10.6 Å². The van der Waals surface area contributed by atoms with Crippen molar-refractivity contribution in [3.05, 3.63) is 17.8 Å². The summed E-state index contributed by atoms with van der Waals surface area (Å²) >= 11 is 0. The third-order valence-electron chi connectivity index (χ3n) is 3.52. The van der Waals surface area contributed by atoms with Crippen LogP contribution in [0.4, 0.5) is 5.82 Å². The topological polar surface area (TPSA) is 66.9 Å². The van der Waals surface area contributed by atoms with E-state index in [0.717, 1.165) is 5.82 Å². The Bertz CT molecular complexity index is 422. The van der Waals surface area contributed by atoms with Gasteiger partial charge >= 0.3 is 0 Å². The number of nitrogens with one attached hydrogen (secondary N) is 2. The van der Waals surface area contributed by atoms with Gasteiger partial charge in [0.2, 0.25) is 0 Å². The van der Waals surface area contributed by atoms with Crippen molar-refractivity contribution in [1.82, 2.24) is 15.5 Å². The van der Waals surface area contributed by atoms with Gasteiger partial charge in [-0.05, 0) is 38.8 Å². The highest BCUT2D eigenvalue weighted by molar-refractivity contribution is 5.92. The van der Waals surface area contributed by atoms with Gasteiger partial charge in [0.15, 0.2) is 5.69 Å². The quantitative estimate of drug-likeness (QED) is 0.830. The summed E-state index contributed by atoms with van der Waals surface area (Å²) in [5.74, 6) is 0.589. The van der Waals surface area contributed by atoms with Crippen molar-refractivity contribution >= 4 is 11.7 Å². The molecule has 0 unspecified atom stereocenters. The van der Waals surface area contributed by atoms with Crippen LogP contribution in [0.5, 0.6) is 0 Å². The highest BCUT2D eigenvalue weighted by atomic mass is 16.1. The minimum absolute atomic E-state index is 0.105. The predicted octanol–water partition coefficient (Wildman–Crippen LogP) is 2.75. The summed E-state index contributed by atoms with van der Waals surface area (Å²) in [6.07, 6.45) is 7.60. The van der Waals surface area contributed by atoms with Crippen LogP contribution in [0.25, 0.3) is 0 Å². The number of aromatic nitrogens is 2. The zero-order chi connectivity index (χ0) is 14.4. The number of hydrogen-bond acceptors (Lipinski definition) is 4. The molecule has 110 valence electrons. The Labute approximate surface area is 120 Å². The van der Waals surface area contributed by atoms with Crippen LogP contribution in [-0.4, -0.2) is 28.2 Å². The maximum Gasteiger partial charge on any atom is 0.271 e. The number of nitrogens with zero attached hydrogens (tertiary/aromatic N) is 2. The van der Waals surface area contributed by atoms with E-state index in [4.69, 9.17) is 0 Å². The number of amides is 1. The molecule has 1 aliphatic rings. The Morgan fingerprint density at radius 2 is 1.85 bits per heavy atom. The van der Waals surface area contributed by atoms with Gasteiger partial charge in [0.25, 0.3) is 5.91 Å². The van der Waals surface area contributed by atoms with Crippen molar-refractivity contribution in [3.8, 4) is 0 Å². The second-order valence-corrected chi connectivity index (χ2v) is 5.76. The van der Waals surface area contributed by atoms with Crippen molar-refractivity contribution < 1.29 is 4.79 Å². The minimum atomic E-state index is -0.173. The molecule has 1 saturated carbocycles. The summed E-state index contributed by atoms with van der Waals surface area (Å²) in [5.41, 5.74) is 0.366. The largest absolute Gasteiger partial charge is 0.366 e. The maximum atomic E-state index is 11.8. The number of carbonyl (C=O) groups excluding carboxylic acids is 1. The Kier molecular flexibility index (Phi) is 5.32. The summed E-state index contributed by atoms with van der Waals surface area (Å²) in [4.78, 5) is 11.8. The Balaban J connectivity index is 1.92. The van der Waals surface area contributed by atoms with Gasteiger partial charge < -0.3 is 10.6 Å². The van der Waals surface area contributed by atoms with Crippen molar-refractivity contribution in [3.63, 3.8) is 0 Å². The molecule has 5 heteroatoms. The van der Waals surface area contributed by atoms with Crippen molar-refractivity contribution in [2.45, 2.75) is 64.5 Å². The normalized spacial score (nSPS) is 16.8. The van der Waals surface area contributed by atoms with Crippen molar-refractivity contribution in [1.29, 1.82) is 0 Å². The molecule has 0 radical (unpaired) electrons. The lowest BCUT2D eigenvalue weighted by molar-refractivity contribution is 0.0937. The van der Waals surface area contributed by atoms with E-state index in [-0.39, 0.29) is 11.9 Å². The first kappa shape index (κ1) is 14.8. The van der Waals surface area contributed by atoms with Crippen LogP contribution in [0.2, 0.25) is 0 Å². The van der Waals surface area contributed by atoms with E-state index in [0.29, 0.717) is 11.7 Å². The molecule has 0 spiro atoms. The van der Waals surface area contributed by atoms with Gasteiger partial charge in [0.05, 0.1) is 0 Å². The molecule has 2 rings (SSSR count). The summed E-state index contributed by atoms with van der Waals surface area (Å²) in [6, 6.07) is 4.16. The number of hydrogen-bond donors (Lipinski definition) is 2. The van der Waals surface area contributed by atoms with Gasteiger partial charge in [-0.1, -0.05) is 25.7 Å². The van der Waals surface area contributed by atoms with Gasteiger partial charge in [-0.3, -0.25) is 4.79 Å². The predicted molar refractivity (Wildman–Crippen MR) is 79.7 cm³/mol. The molecule has 1 heterocycles. The zero-order valence-electron chi connectivity index (χ0n) is 12.4. The van der Waals surface area contributed by atoms with Gasteiger partial charge in [-0.2, -0.15) is 0 Å². The van der Waals surface area contributed by atoms with E-state index in [1.54, 1.807) is 6.07 Å². The van der Waals surface area contributed by atoms with Gasteiger partial charge in [0.1, 0.15) is 5.82 Å². The third-order valence-corrected chi connectivity index (χ3v) is 3.52. The average molecular weight is 276 g/mol. The van der Waals surface area contributed by atoms with Crippen molar-refractivity contribution in [2.75, 3.05) is 5.32 Å².